The molecule has 1 amide bonds. The lowest BCUT2D eigenvalue weighted by atomic mass is 9.94. The summed E-state index contributed by atoms with van der Waals surface area (Å²) in [4.78, 5) is 22.6. The van der Waals surface area contributed by atoms with Gasteiger partial charge in [0.15, 0.2) is 0 Å². The van der Waals surface area contributed by atoms with Crippen LogP contribution in [0.4, 0.5) is 5.69 Å². The second kappa shape index (κ2) is 9.73. The summed E-state index contributed by atoms with van der Waals surface area (Å²) < 4.78 is 5.67. The molecule has 0 atom stereocenters. The van der Waals surface area contributed by atoms with Gasteiger partial charge < -0.3 is 15.0 Å². The summed E-state index contributed by atoms with van der Waals surface area (Å²) in [6.45, 7) is 6.03. The van der Waals surface area contributed by atoms with Crippen molar-refractivity contribution in [1.82, 2.24) is 25.0 Å². The summed E-state index contributed by atoms with van der Waals surface area (Å²) in [7, 11) is 3.44. The van der Waals surface area contributed by atoms with Gasteiger partial charge in [0, 0.05) is 35.1 Å². The third-order valence-electron chi connectivity index (χ3n) is 6.34. The smallest absolute Gasteiger partial charge is 0.276 e. The first kappa shape index (κ1) is 24.0. The number of nitrogens with one attached hydrogen (secondary N) is 2. The molecule has 5 aromatic rings. The second-order valence-electron chi connectivity index (χ2n) is 9.00. The maximum absolute atomic E-state index is 13.2. The molecule has 186 valence electrons. The first-order valence-electron chi connectivity index (χ1n) is 11.9. The number of hydrogen-bond acceptors (Lipinski definition) is 5. The molecular weight excluding hydrogens is 464 g/mol. The van der Waals surface area contributed by atoms with Crippen LogP contribution in [0.5, 0.6) is 5.75 Å². The molecule has 0 aliphatic heterocycles. The Kier molecular flexibility index (Phi) is 6.31. The van der Waals surface area contributed by atoms with E-state index in [2.05, 4.69) is 57.5 Å². The van der Waals surface area contributed by atoms with Crippen LogP contribution < -0.4 is 10.1 Å². The standard InChI is InChI=1S/C29H28N6O2/c1-17-8-6-9-18(2)26(17)23-15-21(12-13-25(23)37-5)28-31-19(3)27(33-28)29(36)32-22-11-7-10-20(14-22)24-16-30-35(4)34-24/h6-16H,1-5H3,(H,31,33)(H,32,36). The number of amides is 1. The molecule has 5 rings (SSSR count). The second-order valence-corrected chi connectivity index (χ2v) is 9.00. The van der Waals surface area contributed by atoms with Gasteiger partial charge in [0.25, 0.3) is 5.91 Å². The van der Waals surface area contributed by atoms with E-state index in [1.54, 1.807) is 20.4 Å². The van der Waals surface area contributed by atoms with E-state index in [1.807, 2.05) is 49.4 Å². The molecule has 0 unspecified atom stereocenters. The number of carbonyl (C=O) groups excluding carboxylic acids is 1. The number of methoxy groups -OCH3 is 1. The first-order valence-corrected chi connectivity index (χ1v) is 11.9. The maximum atomic E-state index is 13.2. The predicted molar refractivity (Wildman–Crippen MR) is 145 cm³/mol. The molecule has 3 aromatic carbocycles. The van der Waals surface area contributed by atoms with Gasteiger partial charge >= 0.3 is 0 Å². The number of anilines is 1. The highest BCUT2D eigenvalue weighted by Gasteiger charge is 2.19. The van der Waals surface area contributed by atoms with Gasteiger partial charge in [0.1, 0.15) is 23.0 Å². The van der Waals surface area contributed by atoms with Crippen LogP contribution in [-0.2, 0) is 7.05 Å². The van der Waals surface area contributed by atoms with Gasteiger partial charge in [0.05, 0.1) is 13.3 Å². The number of aromatic nitrogens is 5. The number of carbonyl (C=O) groups is 1. The molecule has 2 aromatic heterocycles. The SMILES string of the molecule is COc1ccc(-c2nc(C(=O)Nc3cccc(-c4cnn(C)n4)c3)c(C)[nH]2)cc1-c1c(C)cccc1C. The Morgan fingerprint density at radius 1 is 0.973 bits per heavy atom. The summed E-state index contributed by atoms with van der Waals surface area (Å²) in [6, 6.07) is 19.7. The Hall–Kier alpha value is -4.72. The van der Waals surface area contributed by atoms with Crippen LogP contribution in [0.3, 0.4) is 0 Å². The molecule has 8 nitrogen and oxygen atoms in total. The molecule has 2 N–H and O–H groups in total. The fourth-order valence-electron chi connectivity index (χ4n) is 4.53. The third kappa shape index (κ3) is 4.73. The number of imidazole rings is 1. The quantitative estimate of drug-likeness (QED) is 0.316. The van der Waals surface area contributed by atoms with Gasteiger partial charge in [-0.25, -0.2) is 4.98 Å². The monoisotopic (exact) mass is 492 g/mol. The number of H-pyrrole nitrogens is 1. The van der Waals surface area contributed by atoms with Crippen molar-refractivity contribution >= 4 is 11.6 Å². The van der Waals surface area contributed by atoms with Crippen molar-refractivity contribution in [3.05, 3.63) is 89.4 Å². The fourth-order valence-corrected chi connectivity index (χ4v) is 4.53. The number of aromatic amines is 1. The highest BCUT2D eigenvalue weighted by molar-refractivity contribution is 6.04. The van der Waals surface area contributed by atoms with E-state index in [4.69, 9.17) is 4.74 Å². The Morgan fingerprint density at radius 2 is 1.73 bits per heavy atom. The highest BCUT2D eigenvalue weighted by atomic mass is 16.5. The van der Waals surface area contributed by atoms with Crippen molar-refractivity contribution in [3.8, 4) is 39.5 Å². The van der Waals surface area contributed by atoms with Crippen LogP contribution in [-0.4, -0.2) is 38.0 Å². The van der Waals surface area contributed by atoms with Crippen LogP contribution in [0.15, 0.2) is 66.9 Å². The van der Waals surface area contributed by atoms with Crippen LogP contribution >= 0.6 is 0 Å². The van der Waals surface area contributed by atoms with Crippen molar-refractivity contribution in [2.24, 2.45) is 7.05 Å². The lowest BCUT2D eigenvalue weighted by Gasteiger charge is -2.15. The van der Waals surface area contributed by atoms with E-state index >= 15 is 0 Å². The Labute approximate surface area is 215 Å². The molecular formula is C29H28N6O2. The van der Waals surface area contributed by atoms with E-state index in [1.165, 1.54) is 4.80 Å². The van der Waals surface area contributed by atoms with Crippen molar-refractivity contribution in [2.75, 3.05) is 12.4 Å². The van der Waals surface area contributed by atoms with Gasteiger partial charge in [-0.1, -0.05) is 30.3 Å². The van der Waals surface area contributed by atoms with E-state index in [0.717, 1.165) is 44.8 Å². The summed E-state index contributed by atoms with van der Waals surface area (Å²) in [5.74, 6) is 1.11. The zero-order chi connectivity index (χ0) is 26.1. The summed E-state index contributed by atoms with van der Waals surface area (Å²) in [6.07, 6.45) is 1.69. The molecule has 0 fully saturated rings. The normalized spacial score (nSPS) is 10.9. The van der Waals surface area contributed by atoms with Crippen LogP contribution in [0.1, 0.15) is 27.3 Å². The lowest BCUT2D eigenvalue weighted by Crippen LogP contribution is -2.13. The minimum atomic E-state index is -0.292. The van der Waals surface area contributed by atoms with Crippen molar-refractivity contribution in [1.29, 1.82) is 0 Å². The Balaban J connectivity index is 1.45. The first-order chi connectivity index (χ1) is 17.8. The lowest BCUT2D eigenvalue weighted by molar-refractivity contribution is 0.102. The molecule has 0 bridgehead atoms. The average Bonchev–Trinajstić information content (AvgIpc) is 3.49. The Morgan fingerprint density at radius 3 is 2.43 bits per heavy atom. The molecule has 0 spiro atoms. The van der Waals surface area contributed by atoms with E-state index in [0.29, 0.717) is 22.9 Å². The summed E-state index contributed by atoms with van der Waals surface area (Å²) in [5.41, 5.74) is 8.57. The zero-order valence-electron chi connectivity index (χ0n) is 21.5. The number of benzene rings is 3. The molecule has 0 aliphatic carbocycles. The number of rotatable bonds is 6. The zero-order valence-corrected chi connectivity index (χ0v) is 21.5. The fraction of sp³-hybridized carbons (Fsp3) is 0.172. The van der Waals surface area contributed by atoms with Crippen molar-refractivity contribution in [2.45, 2.75) is 20.8 Å². The largest absolute Gasteiger partial charge is 0.496 e. The molecule has 0 aliphatic rings. The minimum Gasteiger partial charge on any atom is -0.496 e. The van der Waals surface area contributed by atoms with Gasteiger partial charge in [-0.15, -0.1) is 0 Å². The predicted octanol–water partition coefficient (Wildman–Crippen LogP) is 5.73. The van der Waals surface area contributed by atoms with Crippen LogP contribution in [0.25, 0.3) is 33.8 Å². The molecule has 0 saturated heterocycles. The number of nitrogens with zero attached hydrogens (tertiary/aromatic N) is 4. The number of ether oxygens (including phenoxy) is 1. The van der Waals surface area contributed by atoms with Crippen LogP contribution in [0, 0.1) is 20.8 Å². The number of aryl methyl sites for hydroxylation is 4. The van der Waals surface area contributed by atoms with Crippen molar-refractivity contribution in [3.63, 3.8) is 0 Å². The van der Waals surface area contributed by atoms with E-state index in [9.17, 15) is 4.79 Å². The summed E-state index contributed by atoms with van der Waals surface area (Å²) >= 11 is 0. The number of hydrogen-bond donors (Lipinski definition) is 2. The van der Waals surface area contributed by atoms with E-state index in [-0.39, 0.29) is 5.91 Å². The van der Waals surface area contributed by atoms with Gasteiger partial charge in [-0.05, 0) is 67.8 Å². The molecule has 2 heterocycles. The molecule has 37 heavy (non-hydrogen) atoms. The third-order valence-corrected chi connectivity index (χ3v) is 6.34. The van der Waals surface area contributed by atoms with E-state index < -0.39 is 0 Å². The molecule has 0 radical (unpaired) electrons. The van der Waals surface area contributed by atoms with Gasteiger partial charge in [0.2, 0.25) is 0 Å². The summed E-state index contributed by atoms with van der Waals surface area (Å²) in [5, 5.41) is 11.4. The topological polar surface area (TPSA) is 97.7 Å². The molecule has 0 saturated carbocycles. The maximum Gasteiger partial charge on any atom is 0.276 e. The molecule has 8 heteroatoms. The van der Waals surface area contributed by atoms with Crippen molar-refractivity contribution < 1.29 is 9.53 Å². The Bertz CT molecular complexity index is 1590. The van der Waals surface area contributed by atoms with Gasteiger partial charge in [-0.3, -0.25) is 4.79 Å². The minimum absolute atomic E-state index is 0.292. The van der Waals surface area contributed by atoms with Gasteiger partial charge in [-0.2, -0.15) is 15.0 Å². The average molecular weight is 493 g/mol. The highest BCUT2D eigenvalue weighted by Crippen LogP contribution is 2.37. The van der Waals surface area contributed by atoms with Crippen LogP contribution in [0.2, 0.25) is 0 Å².